The Kier molecular flexibility index (Phi) is 2.97. The molecule has 5 nitrogen and oxygen atoms in total. The average molecular weight is 291 g/mol. The first-order chi connectivity index (χ1) is 9.48. The molecule has 1 aliphatic rings. The second-order valence-corrected chi connectivity index (χ2v) is 6.89. The van der Waals surface area contributed by atoms with Crippen molar-refractivity contribution in [2.45, 2.75) is 18.8 Å². The second kappa shape index (κ2) is 4.56. The van der Waals surface area contributed by atoms with E-state index in [1.165, 1.54) is 0 Å². The van der Waals surface area contributed by atoms with Crippen molar-refractivity contribution < 1.29 is 17.7 Å². The third-order valence-electron chi connectivity index (χ3n) is 3.25. The maximum atomic E-state index is 12.2. The predicted molar refractivity (Wildman–Crippen MR) is 73.1 cm³/mol. The number of sulfone groups is 1. The molecule has 1 heterocycles. The lowest BCUT2D eigenvalue weighted by Gasteiger charge is -2.01. The van der Waals surface area contributed by atoms with E-state index in [4.69, 9.17) is 4.52 Å². The van der Waals surface area contributed by atoms with Crippen molar-refractivity contribution in [3.63, 3.8) is 0 Å². The van der Waals surface area contributed by atoms with Crippen molar-refractivity contribution in [1.29, 1.82) is 0 Å². The molecule has 0 amide bonds. The largest absolute Gasteiger partial charge is 0.360 e. The van der Waals surface area contributed by atoms with Crippen molar-refractivity contribution in [3.8, 4) is 11.3 Å². The van der Waals surface area contributed by atoms with Crippen LogP contribution in [0.5, 0.6) is 0 Å². The van der Waals surface area contributed by atoms with E-state index in [0.29, 0.717) is 17.0 Å². The summed E-state index contributed by atoms with van der Waals surface area (Å²) in [4.78, 5) is 12.2. The number of nitrogens with zero attached hydrogens (tertiary/aromatic N) is 1. The lowest BCUT2D eigenvalue weighted by Crippen LogP contribution is -2.14. The van der Waals surface area contributed by atoms with Gasteiger partial charge in [0.05, 0.1) is 0 Å². The molecule has 6 heteroatoms. The van der Waals surface area contributed by atoms with Crippen molar-refractivity contribution in [2.75, 3.05) is 6.26 Å². The minimum Gasteiger partial charge on any atom is -0.360 e. The summed E-state index contributed by atoms with van der Waals surface area (Å²) in [5.74, 6) is 0.514. The molecule has 1 fully saturated rings. The van der Waals surface area contributed by atoms with Gasteiger partial charge in [0.1, 0.15) is 11.3 Å². The molecule has 0 N–H and O–H groups in total. The van der Waals surface area contributed by atoms with E-state index in [0.717, 1.165) is 19.1 Å². The van der Waals surface area contributed by atoms with Gasteiger partial charge < -0.3 is 4.52 Å². The Hall–Kier alpha value is -1.95. The molecule has 0 aliphatic heterocycles. The zero-order valence-corrected chi connectivity index (χ0v) is 11.7. The Balaban J connectivity index is 2.19. The van der Waals surface area contributed by atoms with Gasteiger partial charge in [-0.3, -0.25) is 4.79 Å². The van der Waals surface area contributed by atoms with Gasteiger partial charge in [-0.05, 0) is 12.8 Å². The maximum Gasteiger partial charge on any atom is 0.282 e. The van der Waals surface area contributed by atoms with Crippen LogP contribution in [0.3, 0.4) is 0 Å². The lowest BCUT2D eigenvalue weighted by molar-refractivity contribution is 0.107. The SMILES string of the molecule is CS(=O)(=O)C(=O)c1c(-c2ccccc2)noc1C1CC1. The topological polar surface area (TPSA) is 77.2 Å². The van der Waals surface area contributed by atoms with Crippen LogP contribution in [0.4, 0.5) is 0 Å². The molecular weight excluding hydrogens is 278 g/mol. The van der Waals surface area contributed by atoms with E-state index in [2.05, 4.69) is 5.16 Å². The van der Waals surface area contributed by atoms with Crippen molar-refractivity contribution >= 4 is 15.0 Å². The number of rotatable bonds is 3. The Morgan fingerprint density at radius 1 is 1.25 bits per heavy atom. The van der Waals surface area contributed by atoms with Crippen LogP contribution in [0, 0.1) is 0 Å². The van der Waals surface area contributed by atoms with E-state index < -0.39 is 15.0 Å². The zero-order chi connectivity index (χ0) is 14.3. The highest BCUT2D eigenvalue weighted by molar-refractivity contribution is 8.06. The molecule has 2 aromatic rings. The smallest absolute Gasteiger partial charge is 0.282 e. The van der Waals surface area contributed by atoms with E-state index in [9.17, 15) is 13.2 Å². The number of carbonyl (C=O) groups excluding carboxylic acids is 1. The molecule has 1 aromatic carbocycles. The van der Waals surface area contributed by atoms with Crippen LogP contribution >= 0.6 is 0 Å². The van der Waals surface area contributed by atoms with Crippen LogP contribution < -0.4 is 0 Å². The summed E-state index contributed by atoms with van der Waals surface area (Å²) in [6.07, 6.45) is 2.70. The van der Waals surface area contributed by atoms with Gasteiger partial charge in [-0.1, -0.05) is 35.5 Å². The summed E-state index contributed by atoms with van der Waals surface area (Å²) in [5.41, 5.74) is 1.08. The maximum absolute atomic E-state index is 12.2. The quantitative estimate of drug-likeness (QED) is 0.867. The number of hydrogen-bond acceptors (Lipinski definition) is 5. The molecule has 0 unspecified atom stereocenters. The van der Waals surface area contributed by atoms with Crippen LogP contribution in [0.25, 0.3) is 11.3 Å². The van der Waals surface area contributed by atoms with Crippen LogP contribution in [0.15, 0.2) is 34.9 Å². The third kappa shape index (κ3) is 2.27. The van der Waals surface area contributed by atoms with E-state index in [-0.39, 0.29) is 11.5 Å². The Bertz CT molecular complexity index is 758. The molecule has 20 heavy (non-hydrogen) atoms. The summed E-state index contributed by atoms with van der Waals surface area (Å²) >= 11 is 0. The zero-order valence-electron chi connectivity index (χ0n) is 10.9. The first-order valence-electron chi connectivity index (χ1n) is 6.28. The standard InChI is InChI=1S/C14H13NO4S/c1-20(17,18)14(16)11-12(9-5-3-2-4-6-9)15-19-13(11)10-7-8-10/h2-6,10H,7-8H2,1H3. The number of benzene rings is 1. The average Bonchev–Trinajstić information content (AvgIpc) is 3.17. The van der Waals surface area contributed by atoms with Gasteiger partial charge >= 0.3 is 0 Å². The molecule has 0 bridgehead atoms. The highest BCUT2D eigenvalue weighted by Gasteiger charge is 2.37. The van der Waals surface area contributed by atoms with Gasteiger partial charge in [0.15, 0.2) is 5.76 Å². The molecular formula is C14H13NO4S. The van der Waals surface area contributed by atoms with Crippen molar-refractivity contribution in [2.24, 2.45) is 0 Å². The van der Waals surface area contributed by atoms with Gasteiger partial charge in [-0.2, -0.15) is 0 Å². The summed E-state index contributed by atoms with van der Waals surface area (Å²) in [6.45, 7) is 0. The third-order valence-corrected chi connectivity index (χ3v) is 4.13. The molecule has 1 aromatic heterocycles. The van der Waals surface area contributed by atoms with Crippen molar-refractivity contribution in [3.05, 3.63) is 41.7 Å². The first kappa shape index (κ1) is 13.1. The van der Waals surface area contributed by atoms with E-state index in [1.807, 2.05) is 6.07 Å². The molecule has 1 saturated carbocycles. The predicted octanol–water partition coefficient (Wildman–Crippen LogP) is 2.40. The fraction of sp³-hybridized carbons (Fsp3) is 0.286. The van der Waals surface area contributed by atoms with Gasteiger partial charge in [-0.25, -0.2) is 8.42 Å². The number of carbonyl (C=O) groups is 1. The Morgan fingerprint density at radius 2 is 1.90 bits per heavy atom. The second-order valence-electron chi connectivity index (χ2n) is 4.97. The highest BCUT2D eigenvalue weighted by atomic mass is 32.2. The Labute approximate surface area is 116 Å². The van der Waals surface area contributed by atoms with Gasteiger partial charge in [-0.15, -0.1) is 0 Å². The fourth-order valence-corrected chi connectivity index (χ4v) is 2.67. The molecule has 0 saturated heterocycles. The molecule has 0 radical (unpaired) electrons. The normalized spacial score (nSPS) is 15.2. The van der Waals surface area contributed by atoms with Crippen LogP contribution in [-0.2, 0) is 9.84 Å². The van der Waals surface area contributed by atoms with Crippen LogP contribution in [-0.4, -0.2) is 24.9 Å². The first-order valence-corrected chi connectivity index (χ1v) is 8.17. The lowest BCUT2D eigenvalue weighted by atomic mass is 10.1. The number of hydrogen-bond donors (Lipinski definition) is 0. The summed E-state index contributed by atoms with van der Waals surface area (Å²) in [6, 6.07) is 8.98. The summed E-state index contributed by atoms with van der Waals surface area (Å²) < 4.78 is 28.4. The van der Waals surface area contributed by atoms with Crippen molar-refractivity contribution in [1.82, 2.24) is 5.16 Å². The highest BCUT2D eigenvalue weighted by Crippen LogP contribution is 2.44. The summed E-state index contributed by atoms with van der Waals surface area (Å²) in [5, 5.41) is 3.00. The van der Waals surface area contributed by atoms with Crippen LogP contribution in [0.2, 0.25) is 0 Å². The van der Waals surface area contributed by atoms with Gasteiger partial charge in [0, 0.05) is 17.7 Å². The Morgan fingerprint density at radius 3 is 2.45 bits per heavy atom. The molecule has 0 spiro atoms. The van der Waals surface area contributed by atoms with Gasteiger partial charge in [0.2, 0.25) is 9.84 Å². The minimum absolute atomic E-state index is 0.0983. The monoisotopic (exact) mass is 291 g/mol. The fourth-order valence-electron chi connectivity index (χ4n) is 2.10. The molecule has 104 valence electrons. The summed E-state index contributed by atoms with van der Waals surface area (Å²) in [7, 11) is -3.82. The molecule has 3 rings (SSSR count). The number of aromatic nitrogens is 1. The van der Waals surface area contributed by atoms with Gasteiger partial charge in [0.25, 0.3) is 5.12 Å². The minimum atomic E-state index is -3.82. The molecule has 1 aliphatic carbocycles. The van der Waals surface area contributed by atoms with E-state index in [1.54, 1.807) is 24.3 Å². The molecule has 0 atom stereocenters. The van der Waals surface area contributed by atoms with Crippen LogP contribution in [0.1, 0.15) is 34.9 Å². The van der Waals surface area contributed by atoms with E-state index >= 15 is 0 Å².